The first-order chi connectivity index (χ1) is 13.8. The standard InChI is InChI=1S/C23H29BrN2O3/c1-5-18-10-11-21(20(24)13-18)29-15-22(27)26(17(4)23(28)25-6-2)14-19-9-7-8-16(3)12-19/h7-13,17H,5-6,14-15H2,1-4H3,(H,25,28). The second-order valence-electron chi connectivity index (χ2n) is 6.99. The van der Waals surface area contributed by atoms with Crippen LogP contribution in [0.5, 0.6) is 5.75 Å². The zero-order valence-corrected chi connectivity index (χ0v) is 19.1. The van der Waals surface area contributed by atoms with Crippen molar-refractivity contribution in [3.05, 3.63) is 63.6 Å². The molecule has 1 atom stereocenters. The molecule has 29 heavy (non-hydrogen) atoms. The molecule has 0 fully saturated rings. The Morgan fingerprint density at radius 1 is 1.14 bits per heavy atom. The highest BCUT2D eigenvalue weighted by Gasteiger charge is 2.26. The van der Waals surface area contributed by atoms with Crippen molar-refractivity contribution >= 4 is 27.7 Å². The minimum absolute atomic E-state index is 0.139. The van der Waals surface area contributed by atoms with Gasteiger partial charge in [-0.3, -0.25) is 9.59 Å². The second kappa shape index (κ2) is 11.0. The van der Waals surface area contributed by atoms with Crippen LogP contribution < -0.4 is 10.1 Å². The molecular formula is C23H29BrN2O3. The maximum absolute atomic E-state index is 13.0. The maximum Gasteiger partial charge on any atom is 0.261 e. The molecule has 2 aromatic rings. The van der Waals surface area contributed by atoms with Crippen LogP contribution in [0.2, 0.25) is 0 Å². The van der Waals surface area contributed by atoms with Crippen LogP contribution in [0.25, 0.3) is 0 Å². The average molecular weight is 461 g/mol. The van der Waals surface area contributed by atoms with Crippen LogP contribution in [0, 0.1) is 6.92 Å². The summed E-state index contributed by atoms with van der Waals surface area (Å²) in [5.74, 6) is 0.190. The molecule has 0 aliphatic carbocycles. The van der Waals surface area contributed by atoms with Crippen molar-refractivity contribution in [3.63, 3.8) is 0 Å². The molecule has 0 saturated heterocycles. The fourth-order valence-corrected chi connectivity index (χ4v) is 3.56. The molecule has 0 radical (unpaired) electrons. The summed E-state index contributed by atoms with van der Waals surface area (Å²) in [6.07, 6.45) is 0.923. The van der Waals surface area contributed by atoms with E-state index < -0.39 is 6.04 Å². The number of ether oxygens (including phenoxy) is 1. The van der Waals surface area contributed by atoms with E-state index in [9.17, 15) is 9.59 Å². The molecule has 2 aromatic carbocycles. The molecule has 0 saturated carbocycles. The van der Waals surface area contributed by atoms with Crippen LogP contribution in [0.4, 0.5) is 0 Å². The number of carbonyl (C=O) groups is 2. The topological polar surface area (TPSA) is 58.6 Å². The van der Waals surface area contributed by atoms with Crippen LogP contribution in [-0.2, 0) is 22.6 Å². The summed E-state index contributed by atoms with van der Waals surface area (Å²) < 4.78 is 6.57. The molecule has 0 aliphatic heterocycles. The van der Waals surface area contributed by atoms with Crippen molar-refractivity contribution < 1.29 is 14.3 Å². The lowest BCUT2D eigenvalue weighted by molar-refractivity contribution is -0.142. The van der Waals surface area contributed by atoms with Gasteiger partial charge in [0.25, 0.3) is 5.91 Å². The van der Waals surface area contributed by atoms with Gasteiger partial charge in [-0.15, -0.1) is 0 Å². The molecule has 2 rings (SSSR count). The Morgan fingerprint density at radius 3 is 2.52 bits per heavy atom. The van der Waals surface area contributed by atoms with Gasteiger partial charge in [0.15, 0.2) is 6.61 Å². The normalized spacial score (nSPS) is 11.6. The van der Waals surface area contributed by atoms with Crippen molar-refractivity contribution in [2.75, 3.05) is 13.2 Å². The molecule has 5 nitrogen and oxygen atoms in total. The van der Waals surface area contributed by atoms with Crippen molar-refractivity contribution in [2.24, 2.45) is 0 Å². The second-order valence-corrected chi connectivity index (χ2v) is 7.84. The Morgan fingerprint density at radius 2 is 1.90 bits per heavy atom. The van der Waals surface area contributed by atoms with E-state index in [1.165, 1.54) is 5.56 Å². The number of rotatable bonds is 9. The van der Waals surface area contributed by atoms with Gasteiger partial charge in [-0.2, -0.15) is 0 Å². The fourth-order valence-electron chi connectivity index (χ4n) is 3.02. The Labute approximate surface area is 181 Å². The van der Waals surface area contributed by atoms with Gasteiger partial charge < -0.3 is 15.0 Å². The molecule has 0 aliphatic rings. The molecule has 0 heterocycles. The largest absolute Gasteiger partial charge is 0.483 e. The van der Waals surface area contributed by atoms with Crippen molar-refractivity contribution in [1.29, 1.82) is 0 Å². The first-order valence-electron chi connectivity index (χ1n) is 9.89. The molecule has 2 amide bonds. The first kappa shape index (κ1) is 22.9. The minimum atomic E-state index is -0.600. The molecule has 1 unspecified atom stereocenters. The number of halogens is 1. The zero-order valence-electron chi connectivity index (χ0n) is 17.5. The predicted octanol–water partition coefficient (Wildman–Crippen LogP) is 4.25. The summed E-state index contributed by atoms with van der Waals surface area (Å²) >= 11 is 3.50. The smallest absolute Gasteiger partial charge is 0.261 e. The van der Waals surface area contributed by atoms with Gasteiger partial charge in [-0.25, -0.2) is 0 Å². The minimum Gasteiger partial charge on any atom is -0.483 e. The average Bonchev–Trinajstić information content (AvgIpc) is 2.70. The lowest BCUT2D eigenvalue weighted by Crippen LogP contribution is -2.49. The van der Waals surface area contributed by atoms with Gasteiger partial charge in [0, 0.05) is 13.1 Å². The third-order valence-electron chi connectivity index (χ3n) is 4.71. The summed E-state index contributed by atoms with van der Waals surface area (Å²) in [7, 11) is 0. The van der Waals surface area contributed by atoms with Gasteiger partial charge >= 0.3 is 0 Å². The van der Waals surface area contributed by atoms with Gasteiger partial charge in [0.1, 0.15) is 11.8 Å². The van der Waals surface area contributed by atoms with Gasteiger partial charge in [-0.05, 0) is 66.4 Å². The van der Waals surface area contributed by atoms with E-state index in [1.807, 2.05) is 56.3 Å². The number of likely N-dealkylation sites (N-methyl/N-ethyl adjacent to an activating group) is 1. The highest BCUT2D eigenvalue weighted by Crippen LogP contribution is 2.26. The van der Waals surface area contributed by atoms with E-state index in [2.05, 4.69) is 28.2 Å². The molecule has 6 heteroatoms. The molecule has 1 N–H and O–H groups in total. The lowest BCUT2D eigenvalue weighted by Gasteiger charge is -2.28. The predicted molar refractivity (Wildman–Crippen MR) is 119 cm³/mol. The number of benzene rings is 2. The van der Waals surface area contributed by atoms with Gasteiger partial charge in [0.05, 0.1) is 4.47 Å². The Hall–Kier alpha value is -2.34. The van der Waals surface area contributed by atoms with Crippen molar-refractivity contribution in [3.8, 4) is 5.75 Å². The number of amides is 2. The number of nitrogens with one attached hydrogen (secondary N) is 1. The Bertz CT molecular complexity index is 854. The van der Waals surface area contributed by atoms with E-state index >= 15 is 0 Å². The van der Waals surface area contributed by atoms with Gasteiger partial charge in [0.2, 0.25) is 5.91 Å². The van der Waals surface area contributed by atoms with E-state index in [0.717, 1.165) is 22.0 Å². The fraction of sp³-hybridized carbons (Fsp3) is 0.391. The summed E-state index contributed by atoms with van der Waals surface area (Å²) in [5.41, 5.74) is 3.27. The SMILES string of the molecule is CCNC(=O)C(C)N(Cc1cccc(C)c1)C(=O)COc1ccc(CC)cc1Br. The van der Waals surface area contributed by atoms with Crippen LogP contribution in [0.15, 0.2) is 46.9 Å². The summed E-state index contributed by atoms with van der Waals surface area (Å²) in [4.78, 5) is 27.0. The van der Waals surface area contributed by atoms with Crippen LogP contribution >= 0.6 is 15.9 Å². The quantitative estimate of drug-likeness (QED) is 0.608. The van der Waals surface area contributed by atoms with E-state index in [1.54, 1.807) is 11.8 Å². The monoisotopic (exact) mass is 460 g/mol. The third kappa shape index (κ3) is 6.60. The molecule has 0 aromatic heterocycles. The van der Waals surface area contributed by atoms with Crippen molar-refractivity contribution in [1.82, 2.24) is 10.2 Å². The Balaban J connectivity index is 2.15. The summed E-state index contributed by atoms with van der Waals surface area (Å²) in [6.45, 7) is 8.41. The summed E-state index contributed by atoms with van der Waals surface area (Å²) in [6, 6.07) is 13.2. The summed E-state index contributed by atoms with van der Waals surface area (Å²) in [5, 5.41) is 2.79. The maximum atomic E-state index is 13.0. The van der Waals surface area contributed by atoms with E-state index in [4.69, 9.17) is 4.74 Å². The molecule has 0 bridgehead atoms. The number of aryl methyl sites for hydroxylation is 2. The molecular weight excluding hydrogens is 432 g/mol. The highest BCUT2D eigenvalue weighted by molar-refractivity contribution is 9.10. The van der Waals surface area contributed by atoms with E-state index in [0.29, 0.717) is 18.8 Å². The first-order valence-corrected chi connectivity index (χ1v) is 10.7. The zero-order chi connectivity index (χ0) is 21.4. The third-order valence-corrected chi connectivity index (χ3v) is 5.33. The number of hydrogen-bond acceptors (Lipinski definition) is 3. The van der Waals surface area contributed by atoms with Crippen LogP contribution in [0.3, 0.4) is 0 Å². The van der Waals surface area contributed by atoms with Gasteiger partial charge in [-0.1, -0.05) is 42.8 Å². The Kier molecular flexibility index (Phi) is 8.70. The number of nitrogens with zero attached hydrogens (tertiary/aromatic N) is 1. The highest BCUT2D eigenvalue weighted by atomic mass is 79.9. The van der Waals surface area contributed by atoms with E-state index in [-0.39, 0.29) is 18.4 Å². The molecule has 156 valence electrons. The van der Waals surface area contributed by atoms with Crippen molar-refractivity contribution in [2.45, 2.75) is 46.7 Å². The molecule has 0 spiro atoms. The lowest BCUT2D eigenvalue weighted by atomic mass is 10.1. The number of carbonyl (C=O) groups excluding carboxylic acids is 2. The van der Waals surface area contributed by atoms with Crippen LogP contribution in [-0.4, -0.2) is 35.9 Å². The van der Waals surface area contributed by atoms with Crippen LogP contribution in [0.1, 0.15) is 37.5 Å². The number of hydrogen-bond donors (Lipinski definition) is 1.